The summed E-state index contributed by atoms with van der Waals surface area (Å²) in [4.78, 5) is 0. The van der Waals surface area contributed by atoms with Crippen molar-refractivity contribution in [3.05, 3.63) is 65.4 Å². The van der Waals surface area contributed by atoms with Gasteiger partial charge in [-0.2, -0.15) is 5.10 Å². The number of hydrogen-bond acceptors (Lipinski definition) is 3. The van der Waals surface area contributed by atoms with E-state index in [-0.39, 0.29) is 5.82 Å². The Bertz CT molecular complexity index is 1040. The van der Waals surface area contributed by atoms with E-state index in [0.29, 0.717) is 27.3 Å². The number of aryl methyl sites for hydroxylation is 1. The molecule has 0 aliphatic heterocycles. The van der Waals surface area contributed by atoms with E-state index in [2.05, 4.69) is 15.3 Å². The van der Waals surface area contributed by atoms with Crippen LogP contribution in [-0.2, 0) is 7.05 Å². The Morgan fingerprint density at radius 2 is 1.67 bits per heavy atom. The molecule has 2 aromatic heterocycles. The number of aromatic nitrogens is 4. The molecule has 0 unspecified atom stereocenters. The lowest BCUT2D eigenvalue weighted by molar-refractivity contribution is 0.628. The molecule has 0 aliphatic rings. The number of nitrogens with zero attached hydrogens (tertiary/aromatic N) is 4. The molecule has 0 spiro atoms. The summed E-state index contributed by atoms with van der Waals surface area (Å²) in [5.74, 6) is -0.347. The number of halogens is 2. The van der Waals surface area contributed by atoms with E-state index in [0.717, 1.165) is 11.3 Å². The van der Waals surface area contributed by atoms with Gasteiger partial charge in [-0.05, 0) is 12.1 Å². The van der Waals surface area contributed by atoms with Gasteiger partial charge in [0.1, 0.15) is 17.2 Å². The van der Waals surface area contributed by atoms with Gasteiger partial charge in [0.2, 0.25) is 0 Å². The lowest BCUT2D eigenvalue weighted by Crippen LogP contribution is -1.96. The van der Waals surface area contributed by atoms with Gasteiger partial charge in [-0.3, -0.25) is 0 Å². The highest BCUT2D eigenvalue weighted by atomic mass is 35.5. The van der Waals surface area contributed by atoms with Gasteiger partial charge in [-0.25, -0.2) is 9.07 Å². The summed E-state index contributed by atoms with van der Waals surface area (Å²) >= 11 is 6.62. The molecular weight excluding hydrogens is 327 g/mol. The lowest BCUT2D eigenvalue weighted by Gasteiger charge is -2.05. The first kappa shape index (κ1) is 14.8. The van der Waals surface area contributed by atoms with Crippen LogP contribution >= 0.6 is 11.6 Å². The first-order valence-electron chi connectivity index (χ1n) is 7.35. The van der Waals surface area contributed by atoms with Gasteiger partial charge in [0, 0.05) is 18.2 Å². The molecule has 0 saturated carbocycles. The van der Waals surface area contributed by atoms with Crippen molar-refractivity contribution < 1.29 is 4.39 Å². The molecule has 0 amide bonds. The summed E-state index contributed by atoms with van der Waals surface area (Å²) in [5, 5.41) is 14.1. The summed E-state index contributed by atoms with van der Waals surface area (Å²) in [6, 6.07) is 15.9. The Kier molecular flexibility index (Phi) is 3.50. The Labute approximate surface area is 142 Å². The monoisotopic (exact) mass is 338 g/mol. The predicted molar refractivity (Wildman–Crippen MR) is 92.1 cm³/mol. The average molecular weight is 339 g/mol. The Hall–Kier alpha value is -2.79. The van der Waals surface area contributed by atoms with Gasteiger partial charge in [-0.15, -0.1) is 10.2 Å². The van der Waals surface area contributed by atoms with E-state index < -0.39 is 0 Å². The highest BCUT2D eigenvalue weighted by molar-refractivity contribution is 6.38. The van der Waals surface area contributed by atoms with Crippen LogP contribution in [0.1, 0.15) is 0 Å². The molecule has 0 radical (unpaired) electrons. The molecule has 4 rings (SSSR count). The third-order valence-electron chi connectivity index (χ3n) is 3.83. The summed E-state index contributed by atoms with van der Waals surface area (Å²) < 4.78 is 15.2. The van der Waals surface area contributed by atoms with Crippen LogP contribution < -0.4 is 0 Å². The van der Waals surface area contributed by atoms with E-state index in [1.165, 1.54) is 12.1 Å². The quantitative estimate of drug-likeness (QED) is 0.541. The molecule has 6 heteroatoms. The summed E-state index contributed by atoms with van der Waals surface area (Å²) in [6.07, 6.45) is 0. The van der Waals surface area contributed by atoms with Crippen LogP contribution in [0.15, 0.2) is 54.6 Å². The fourth-order valence-corrected chi connectivity index (χ4v) is 3.03. The maximum absolute atomic E-state index is 13.5. The normalized spacial score (nSPS) is 11.1. The third kappa shape index (κ3) is 2.34. The van der Waals surface area contributed by atoms with Crippen molar-refractivity contribution in [1.29, 1.82) is 0 Å². The van der Waals surface area contributed by atoms with E-state index in [9.17, 15) is 4.39 Å². The Morgan fingerprint density at radius 1 is 0.917 bits per heavy atom. The minimum atomic E-state index is -0.347. The largest absolute Gasteiger partial charge is 0.248 e. The zero-order valence-corrected chi connectivity index (χ0v) is 13.5. The van der Waals surface area contributed by atoms with E-state index in [1.54, 1.807) is 23.9 Å². The van der Waals surface area contributed by atoms with Crippen LogP contribution in [0.3, 0.4) is 0 Å². The van der Waals surface area contributed by atoms with Gasteiger partial charge in [0.15, 0.2) is 5.65 Å². The maximum Gasteiger partial charge on any atom is 0.182 e. The van der Waals surface area contributed by atoms with Crippen LogP contribution in [0.4, 0.5) is 4.39 Å². The molecule has 2 aromatic carbocycles. The van der Waals surface area contributed by atoms with E-state index >= 15 is 0 Å². The minimum Gasteiger partial charge on any atom is -0.248 e. The van der Waals surface area contributed by atoms with Crippen LogP contribution in [0, 0.1) is 5.82 Å². The average Bonchev–Trinajstić information content (AvgIpc) is 2.94. The molecule has 2 heterocycles. The summed E-state index contributed by atoms with van der Waals surface area (Å²) in [6.45, 7) is 0. The van der Waals surface area contributed by atoms with Crippen molar-refractivity contribution in [3.63, 3.8) is 0 Å². The second kappa shape index (κ2) is 5.69. The molecule has 0 fully saturated rings. The van der Waals surface area contributed by atoms with Crippen molar-refractivity contribution in [3.8, 4) is 22.5 Å². The second-order valence-electron chi connectivity index (χ2n) is 5.41. The Morgan fingerprint density at radius 3 is 2.42 bits per heavy atom. The predicted octanol–water partition coefficient (Wildman–Crippen LogP) is 4.49. The molecule has 4 nitrogen and oxygen atoms in total. The first-order chi connectivity index (χ1) is 11.6. The summed E-state index contributed by atoms with van der Waals surface area (Å²) in [5.41, 5.74) is 3.26. The minimum absolute atomic E-state index is 0.347. The first-order valence-corrected chi connectivity index (χ1v) is 7.73. The molecule has 0 N–H and O–H groups in total. The third-order valence-corrected chi connectivity index (χ3v) is 4.20. The zero-order valence-electron chi connectivity index (χ0n) is 12.7. The van der Waals surface area contributed by atoms with Crippen LogP contribution in [0.25, 0.3) is 33.5 Å². The molecule has 0 saturated heterocycles. The van der Waals surface area contributed by atoms with Gasteiger partial charge in [0.25, 0.3) is 0 Å². The van der Waals surface area contributed by atoms with Gasteiger partial charge in [0.05, 0.1) is 10.4 Å². The van der Waals surface area contributed by atoms with Crippen LogP contribution in [-0.4, -0.2) is 20.0 Å². The van der Waals surface area contributed by atoms with Crippen molar-refractivity contribution in [1.82, 2.24) is 20.0 Å². The molecule has 0 atom stereocenters. The molecule has 4 aromatic rings. The highest BCUT2D eigenvalue weighted by Gasteiger charge is 2.19. The van der Waals surface area contributed by atoms with Crippen molar-refractivity contribution in [2.45, 2.75) is 0 Å². The fourth-order valence-electron chi connectivity index (χ4n) is 2.71. The molecular formula is C18H12ClFN4. The number of benzene rings is 2. The molecule has 0 aliphatic carbocycles. The van der Waals surface area contributed by atoms with Gasteiger partial charge in [-0.1, -0.05) is 54.1 Å². The zero-order chi connectivity index (χ0) is 16.7. The molecule has 0 bridgehead atoms. The highest BCUT2D eigenvalue weighted by Crippen LogP contribution is 2.36. The van der Waals surface area contributed by atoms with Gasteiger partial charge < -0.3 is 0 Å². The van der Waals surface area contributed by atoms with E-state index in [1.807, 2.05) is 30.3 Å². The second-order valence-corrected chi connectivity index (χ2v) is 5.79. The SMILES string of the molecule is Cn1nc(-c2ccccc2)c2c(Cl)c(-c3cccc(F)c3)nnc21. The number of hydrogen-bond donors (Lipinski definition) is 0. The Balaban J connectivity index is 2.02. The van der Waals surface area contributed by atoms with E-state index in [4.69, 9.17) is 11.6 Å². The van der Waals surface area contributed by atoms with Crippen LogP contribution in [0.2, 0.25) is 5.02 Å². The van der Waals surface area contributed by atoms with Crippen molar-refractivity contribution in [2.24, 2.45) is 7.05 Å². The van der Waals surface area contributed by atoms with Crippen molar-refractivity contribution in [2.75, 3.05) is 0 Å². The maximum atomic E-state index is 13.5. The van der Waals surface area contributed by atoms with Crippen LogP contribution in [0.5, 0.6) is 0 Å². The fraction of sp³-hybridized carbons (Fsp3) is 0.0556. The van der Waals surface area contributed by atoms with Gasteiger partial charge >= 0.3 is 0 Å². The standard InChI is InChI=1S/C18H12ClFN4/c1-24-18-14(16(23-24)11-6-3-2-4-7-11)15(19)17(21-22-18)12-8-5-9-13(20)10-12/h2-10H,1H3. The molecule has 24 heavy (non-hydrogen) atoms. The lowest BCUT2D eigenvalue weighted by atomic mass is 10.1. The van der Waals surface area contributed by atoms with Crippen molar-refractivity contribution >= 4 is 22.6 Å². The topological polar surface area (TPSA) is 43.6 Å². The number of fused-ring (bicyclic) bond motifs is 1. The smallest absolute Gasteiger partial charge is 0.182 e. The molecule has 118 valence electrons. The summed E-state index contributed by atoms with van der Waals surface area (Å²) in [7, 11) is 1.79. The number of rotatable bonds is 2.